The first kappa shape index (κ1) is 14.9. The molecule has 2 aromatic rings. The second-order valence-corrected chi connectivity index (χ2v) is 4.69. The molecule has 0 aliphatic heterocycles. The minimum Gasteiger partial charge on any atom is -0.361 e. The molecule has 0 aliphatic rings. The monoisotopic (exact) mass is 304 g/mol. The minimum absolute atomic E-state index is 0.0814. The molecule has 2 aromatic heterocycles. The van der Waals surface area contributed by atoms with Gasteiger partial charge >= 0.3 is 11.8 Å². The van der Waals surface area contributed by atoms with Crippen LogP contribution >= 0.6 is 11.6 Å². The van der Waals surface area contributed by atoms with E-state index in [9.17, 15) is 9.59 Å². The Morgan fingerprint density at radius 2 is 1.86 bits per heavy atom. The molecule has 0 aliphatic carbocycles. The number of aromatic nitrogens is 2. The lowest BCUT2D eigenvalue weighted by atomic mass is 10.2. The van der Waals surface area contributed by atoms with Crippen LogP contribution in [0.2, 0.25) is 5.02 Å². The molecular formula is C14H13ClN4O2. The average molecular weight is 305 g/mol. The summed E-state index contributed by atoms with van der Waals surface area (Å²) in [5, 5.41) is 0.417. The van der Waals surface area contributed by atoms with Gasteiger partial charge in [0.05, 0.1) is 29.5 Å². The predicted molar refractivity (Wildman–Crippen MR) is 76.9 cm³/mol. The van der Waals surface area contributed by atoms with Crippen molar-refractivity contribution >= 4 is 23.4 Å². The standard InChI is InChI=1S/C14H13ClN4O2/c15-11-5-3-7-18-12(11)9-19(14(21)13(16)20)8-10-4-1-2-6-17-10/h1-7H,8-9H2,(H2,16,20). The van der Waals surface area contributed by atoms with Crippen LogP contribution in [0, 0.1) is 0 Å². The fourth-order valence-corrected chi connectivity index (χ4v) is 1.94. The Labute approximate surface area is 126 Å². The summed E-state index contributed by atoms with van der Waals surface area (Å²) in [6.07, 6.45) is 3.17. The van der Waals surface area contributed by atoms with Crippen LogP contribution in [0.1, 0.15) is 11.4 Å². The third kappa shape index (κ3) is 4.00. The predicted octanol–water partition coefficient (Wildman–Crippen LogP) is 1.14. The van der Waals surface area contributed by atoms with Crippen molar-refractivity contribution in [1.82, 2.24) is 14.9 Å². The summed E-state index contributed by atoms with van der Waals surface area (Å²) in [6, 6.07) is 8.66. The normalized spacial score (nSPS) is 10.1. The summed E-state index contributed by atoms with van der Waals surface area (Å²) in [7, 11) is 0. The number of pyridine rings is 2. The van der Waals surface area contributed by atoms with E-state index in [1.807, 2.05) is 0 Å². The van der Waals surface area contributed by atoms with Gasteiger partial charge in [-0.1, -0.05) is 17.7 Å². The van der Waals surface area contributed by atoms with Gasteiger partial charge in [0.15, 0.2) is 0 Å². The highest BCUT2D eigenvalue weighted by molar-refractivity contribution is 6.34. The minimum atomic E-state index is -1.03. The number of primary amides is 1. The molecule has 0 spiro atoms. The number of rotatable bonds is 4. The van der Waals surface area contributed by atoms with E-state index in [4.69, 9.17) is 17.3 Å². The van der Waals surface area contributed by atoms with Gasteiger partial charge in [0.2, 0.25) is 0 Å². The summed E-state index contributed by atoms with van der Waals surface area (Å²) in [6.45, 7) is 0.230. The van der Waals surface area contributed by atoms with E-state index in [1.54, 1.807) is 42.7 Å². The van der Waals surface area contributed by atoms with Gasteiger partial charge < -0.3 is 10.6 Å². The zero-order valence-electron chi connectivity index (χ0n) is 11.1. The molecule has 0 unspecified atom stereocenters. The highest BCUT2D eigenvalue weighted by Gasteiger charge is 2.21. The van der Waals surface area contributed by atoms with Gasteiger partial charge in [0.1, 0.15) is 0 Å². The van der Waals surface area contributed by atoms with Crippen molar-refractivity contribution in [3.05, 3.63) is 59.1 Å². The van der Waals surface area contributed by atoms with Crippen molar-refractivity contribution in [1.29, 1.82) is 0 Å². The number of amides is 2. The first-order valence-corrected chi connectivity index (χ1v) is 6.53. The van der Waals surface area contributed by atoms with Gasteiger partial charge in [-0.05, 0) is 24.3 Å². The molecule has 0 radical (unpaired) electrons. The Balaban J connectivity index is 2.22. The Morgan fingerprint density at radius 1 is 1.10 bits per heavy atom. The fourth-order valence-electron chi connectivity index (χ4n) is 1.76. The molecular weight excluding hydrogens is 292 g/mol. The van der Waals surface area contributed by atoms with Gasteiger partial charge in [0.25, 0.3) is 0 Å². The summed E-state index contributed by atoms with van der Waals surface area (Å²) >= 11 is 6.02. The van der Waals surface area contributed by atoms with E-state index in [0.29, 0.717) is 16.4 Å². The smallest absolute Gasteiger partial charge is 0.312 e. The number of carbonyl (C=O) groups is 2. The van der Waals surface area contributed by atoms with Crippen molar-refractivity contribution in [2.45, 2.75) is 13.1 Å². The van der Waals surface area contributed by atoms with E-state index in [-0.39, 0.29) is 13.1 Å². The SMILES string of the molecule is NC(=O)C(=O)N(Cc1ccccn1)Cc1ncccc1Cl. The average Bonchev–Trinajstić information content (AvgIpc) is 2.49. The maximum atomic E-state index is 11.9. The van der Waals surface area contributed by atoms with E-state index in [1.165, 1.54) is 4.90 Å². The highest BCUT2D eigenvalue weighted by Crippen LogP contribution is 2.15. The van der Waals surface area contributed by atoms with Crippen LogP contribution < -0.4 is 5.73 Å². The lowest BCUT2D eigenvalue weighted by molar-refractivity contribution is -0.145. The molecule has 2 N–H and O–H groups in total. The molecule has 0 aromatic carbocycles. The summed E-state index contributed by atoms with van der Waals surface area (Å²) in [4.78, 5) is 32.6. The fraction of sp³-hybridized carbons (Fsp3) is 0.143. The lowest BCUT2D eigenvalue weighted by Crippen LogP contribution is -2.39. The first-order chi connectivity index (χ1) is 10.1. The molecule has 108 valence electrons. The Kier molecular flexibility index (Phi) is 4.84. The number of hydrogen-bond acceptors (Lipinski definition) is 4. The summed E-state index contributed by atoms with van der Waals surface area (Å²) < 4.78 is 0. The number of nitrogens with zero attached hydrogens (tertiary/aromatic N) is 3. The van der Waals surface area contributed by atoms with Crippen molar-refractivity contribution in [3.63, 3.8) is 0 Å². The first-order valence-electron chi connectivity index (χ1n) is 6.16. The number of hydrogen-bond donors (Lipinski definition) is 1. The molecule has 2 rings (SSSR count). The Morgan fingerprint density at radius 3 is 2.48 bits per heavy atom. The van der Waals surface area contributed by atoms with Gasteiger partial charge in [-0.3, -0.25) is 19.6 Å². The molecule has 0 atom stereocenters. The number of halogens is 1. The molecule has 0 saturated carbocycles. The third-order valence-corrected chi connectivity index (χ3v) is 3.10. The summed E-state index contributed by atoms with van der Waals surface area (Å²) in [5.74, 6) is -1.83. The van der Waals surface area contributed by atoms with Crippen LogP contribution in [-0.4, -0.2) is 26.7 Å². The van der Waals surface area contributed by atoms with Gasteiger partial charge in [0, 0.05) is 12.4 Å². The van der Waals surface area contributed by atoms with Gasteiger partial charge in [-0.15, -0.1) is 0 Å². The van der Waals surface area contributed by atoms with Crippen molar-refractivity contribution in [2.75, 3.05) is 0 Å². The Hall–Kier alpha value is -2.47. The Bertz CT molecular complexity index is 648. The molecule has 0 saturated heterocycles. The van der Waals surface area contributed by atoms with Crippen molar-refractivity contribution in [2.24, 2.45) is 5.73 Å². The topological polar surface area (TPSA) is 89.2 Å². The maximum Gasteiger partial charge on any atom is 0.312 e. The molecule has 6 nitrogen and oxygen atoms in total. The number of nitrogens with two attached hydrogens (primary N) is 1. The van der Waals surface area contributed by atoms with Gasteiger partial charge in [-0.25, -0.2) is 0 Å². The second-order valence-electron chi connectivity index (χ2n) is 4.28. The van der Waals surface area contributed by atoms with Crippen LogP contribution in [0.3, 0.4) is 0 Å². The molecule has 0 bridgehead atoms. The second kappa shape index (κ2) is 6.81. The van der Waals surface area contributed by atoms with Crippen molar-refractivity contribution in [3.8, 4) is 0 Å². The van der Waals surface area contributed by atoms with E-state index < -0.39 is 11.8 Å². The highest BCUT2D eigenvalue weighted by atomic mass is 35.5. The van der Waals surface area contributed by atoms with Crippen LogP contribution in [-0.2, 0) is 22.7 Å². The lowest BCUT2D eigenvalue weighted by Gasteiger charge is -2.20. The van der Waals surface area contributed by atoms with Crippen LogP contribution in [0.15, 0.2) is 42.7 Å². The maximum absolute atomic E-state index is 11.9. The quantitative estimate of drug-likeness (QED) is 0.858. The molecule has 0 fully saturated rings. The third-order valence-electron chi connectivity index (χ3n) is 2.75. The summed E-state index contributed by atoms with van der Waals surface area (Å²) in [5.41, 5.74) is 6.21. The zero-order chi connectivity index (χ0) is 15.2. The molecule has 7 heteroatoms. The zero-order valence-corrected chi connectivity index (χ0v) is 11.8. The van der Waals surface area contributed by atoms with Crippen LogP contribution in [0.4, 0.5) is 0 Å². The van der Waals surface area contributed by atoms with E-state index >= 15 is 0 Å². The van der Waals surface area contributed by atoms with E-state index in [0.717, 1.165) is 0 Å². The molecule has 21 heavy (non-hydrogen) atoms. The van der Waals surface area contributed by atoms with Crippen LogP contribution in [0.25, 0.3) is 0 Å². The molecule has 2 amide bonds. The van der Waals surface area contributed by atoms with Crippen molar-refractivity contribution < 1.29 is 9.59 Å². The van der Waals surface area contributed by atoms with Gasteiger partial charge in [-0.2, -0.15) is 0 Å². The van der Waals surface area contributed by atoms with E-state index in [2.05, 4.69) is 9.97 Å². The van der Waals surface area contributed by atoms with Crippen LogP contribution in [0.5, 0.6) is 0 Å². The largest absolute Gasteiger partial charge is 0.361 e. The number of carbonyl (C=O) groups excluding carboxylic acids is 2. The molecule has 2 heterocycles.